The minimum Gasteiger partial charge on any atom is -0.0842 e. The highest BCUT2D eigenvalue weighted by Crippen LogP contribution is 2.63. The summed E-state index contributed by atoms with van der Waals surface area (Å²) in [5.41, 5.74) is 0. The maximum atomic E-state index is 2.42. The van der Waals surface area contributed by atoms with Crippen LogP contribution in [0.1, 0.15) is 0 Å². The summed E-state index contributed by atoms with van der Waals surface area (Å²) >= 11 is 0. The smallest absolute Gasteiger partial charge is 0.00157 e. The number of allylic oxidation sites excluding steroid dienone is 6. The van der Waals surface area contributed by atoms with Crippen molar-refractivity contribution in [1.29, 1.82) is 0 Å². The van der Waals surface area contributed by atoms with E-state index in [2.05, 4.69) is 36.5 Å². The number of fused-ring (bicyclic) bond motifs is 1. The number of rotatable bonds is 0. The average molecular weight is 156 g/mol. The fourth-order valence-corrected chi connectivity index (χ4v) is 3.69. The molecule has 0 unspecified atom stereocenters. The van der Waals surface area contributed by atoms with E-state index in [1.165, 1.54) is 0 Å². The van der Waals surface area contributed by atoms with Crippen molar-refractivity contribution < 1.29 is 0 Å². The Morgan fingerprint density at radius 2 is 0.917 bits per heavy atom. The molecule has 0 aromatic heterocycles. The second-order valence-corrected chi connectivity index (χ2v) is 4.62. The van der Waals surface area contributed by atoms with E-state index >= 15 is 0 Å². The van der Waals surface area contributed by atoms with Crippen LogP contribution in [-0.4, -0.2) is 0 Å². The van der Waals surface area contributed by atoms with E-state index in [1.807, 2.05) is 0 Å². The standard InChI is InChI=1S/C12H12/c1-2-8-4-3-7(1)11-9-5-6-10(9)12(8)11/h1-12H. The van der Waals surface area contributed by atoms with Crippen molar-refractivity contribution in [3.8, 4) is 0 Å². The Balaban J connectivity index is 1.85. The zero-order chi connectivity index (χ0) is 7.71. The van der Waals surface area contributed by atoms with Crippen LogP contribution in [0.15, 0.2) is 36.5 Å². The van der Waals surface area contributed by atoms with Gasteiger partial charge in [-0.25, -0.2) is 0 Å². The zero-order valence-electron chi connectivity index (χ0n) is 6.93. The monoisotopic (exact) mass is 156 g/mol. The fraction of sp³-hybridized carbons (Fsp3) is 0.500. The molecule has 0 amide bonds. The predicted molar refractivity (Wildman–Crippen MR) is 48.4 cm³/mol. The lowest BCUT2D eigenvalue weighted by Crippen LogP contribution is -2.57. The molecule has 0 radical (unpaired) electrons. The SMILES string of the molecule is C1=CC2C=CC1C1C3C=CC3C21. The summed E-state index contributed by atoms with van der Waals surface area (Å²) in [6.45, 7) is 0. The molecule has 0 aromatic carbocycles. The number of hydrogen-bond donors (Lipinski definition) is 0. The van der Waals surface area contributed by atoms with E-state index in [1.54, 1.807) is 0 Å². The van der Waals surface area contributed by atoms with Gasteiger partial charge in [0.15, 0.2) is 0 Å². The second-order valence-electron chi connectivity index (χ2n) is 4.62. The van der Waals surface area contributed by atoms with Crippen LogP contribution in [0, 0.1) is 35.5 Å². The first-order valence-corrected chi connectivity index (χ1v) is 5.00. The Kier molecular flexibility index (Phi) is 0.778. The minimum atomic E-state index is 0.784. The average Bonchev–Trinajstić information content (AvgIpc) is 2.08. The molecule has 0 aliphatic heterocycles. The van der Waals surface area contributed by atoms with Gasteiger partial charge in [-0.1, -0.05) is 36.5 Å². The summed E-state index contributed by atoms with van der Waals surface area (Å²) in [6, 6.07) is 0. The van der Waals surface area contributed by atoms with Crippen LogP contribution < -0.4 is 0 Å². The van der Waals surface area contributed by atoms with Gasteiger partial charge < -0.3 is 0 Å². The van der Waals surface area contributed by atoms with Crippen molar-refractivity contribution in [3.05, 3.63) is 36.5 Å². The normalized spacial score (nSPS) is 62.0. The zero-order valence-corrected chi connectivity index (χ0v) is 6.93. The van der Waals surface area contributed by atoms with Gasteiger partial charge >= 0.3 is 0 Å². The molecule has 0 atom stereocenters. The van der Waals surface area contributed by atoms with Gasteiger partial charge in [0.1, 0.15) is 0 Å². The van der Waals surface area contributed by atoms with E-state index < -0.39 is 0 Å². The summed E-state index contributed by atoms with van der Waals surface area (Å²) in [4.78, 5) is 0. The van der Waals surface area contributed by atoms with Gasteiger partial charge in [-0.05, 0) is 35.5 Å². The van der Waals surface area contributed by atoms with Crippen LogP contribution >= 0.6 is 0 Å². The van der Waals surface area contributed by atoms with Crippen molar-refractivity contribution in [2.45, 2.75) is 0 Å². The Bertz CT molecular complexity index is 277. The van der Waals surface area contributed by atoms with E-state index in [0.29, 0.717) is 0 Å². The molecule has 0 nitrogen and oxygen atoms in total. The summed E-state index contributed by atoms with van der Waals surface area (Å²) < 4.78 is 0. The third kappa shape index (κ3) is 0.426. The van der Waals surface area contributed by atoms with E-state index in [0.717, 1.165) is 35.5 Å². The Morgan fingerprint density at radius 3 is 1.25 bits per heavy atom. The Hall–Kier alpha value is -0.780. The van der Waals surface area contributed by atoms with Crippen LogP contribution in [0.2, 0.25) is 0 Å². The van der Waals surface area contributed by atoms with Crippen LogP contribution in [0.5, 0.6) is 0 Å². The molecule has 2 bridgehead atoms. The highest BCUT2D eigenvalue weighted by molar-refractivity contribution is 5.34. The largest absolute Gasteiger partial charge is 0.0842 e. The van der Waals surface area contributed by atoms with Gasteiger partial charge in [0, 0.05) is 0 Å². The predicted octanol–water partition coefficient (Wildman–Crippen LogP) is 2.41. The lowest BCUT2D eigenvalue weighted by molar-refractivity contribution is -0.0312. The molecule has 5 aliphatic carbocycles. The summed E-state index contributed by atoms with van der Waals surface area (Å²) in [7, 11) is 0. The van der Waals surface area contributed by atoms with Gasteiger partial charge in [0.25, 0.3) is 0 Å². The highest BCUT2D eigenvalue weighted by Gasteiger charge is 2.57. The van der Waals surface area contributed by atoms with Crippen molar-refractivity contribution in [2.75, 3.05) is 0 Å². The minimum absolute atomic E-state index is 0.784. The molecular formula is C12H12. The maximum absolute atomic E-state index is 2.42. The fourth-order valence-electron chi connectivity index (χ4n) is 3.69. The first-order valence-electron chi connectivity index (χ1n) is 5.00. The van der Waals surface area contributed by atoms with Crippen molar-refractivity contribution in [3.63, 3.8) is 0 Å². The molecule has 5 aliphatic rings. The van der Waals surface area contributed by atoms with Gasteiger partial charge in [-0.2, -0.15) is 0 Å². The molecule has 0 aromatic rings. The topological polar surface area (TPSA) is 0 Å². The second kappa shape index (κ2) is 1.61. The van der Waals surface area contributed by atoms with Crippen LogP contribution in [0.25, 0.3) is 0 Å². The lowest BCUT2D eigenvalue weighted by Gasteiger charge is -2.62. The van der Waals surface area contributed by atoms with E-state index in [9.17, 15) is 0 Å². The molecule has 1 saturated carbocycles. The van der Waals surface area contributed by atoms with Crippen LogP contribution in [0.3, 0.4) is 0 Å². The summed E-state index contributed by atoms with van der Waals surface area (Å²) in [6.07, 6.45) is 14.5. The Labute approximate surface area is 72.7 Å². The molecule has 1 fully saturated rings. The van der Waals surface area contributed by atoms with Crippen LogP contribution in [-0.2, 0) is 0 Å². The third-order valence-electron chi connectivity index (χ3n) is 4.33. The first kappa shape index (κ1) is 5.80. The van der Waals surface area contributed by atoms with Gasteiger partial charge in [0.2, 0.25) is 0 Å². The summed E-state index contributed by atoms with van der Waals surface area (Å²) in [5, 5.41) is 0. The molecular weight excluding hydrogens is 144 g/mol. The molecule has 5 rings (SSSR count). The van der Waals surface area contributed by atoms with Crippen molar-refractivity contribution >= 4 is 0 Å². The highest BCUT2D eigenvalue weighted by atomic mass is 14.6. The quantitative estimate of drug-likeness (QED) is 0.472. The third-order valence-corrected chi connectivity index (χ3v) is 4.33. The van der Waals surface area contributed by atoms with E-state index in [4.69, 9.17) is 0 Å². The molecule has 0 N–H and O–H groups in total. The molecule has 0 saturated heterocycles. The first-order chi connectivity index (χ1) is 5.95. The van der Waals surface area contributed by atoms with Crippen LogP contribution in [0.4, 0.5) is 0 Å². The molecule has 0 spiro atoms. The number of hydrogen-bond acceptors (Lipinski definition) is 0. The van der Waals surface area contributed by atoms with Gasteiger partial charge in [-0.3, -0.25) is 0 Å². The molecule has 0 heterocycles. The summed E-state index contributed by atoms with van der Waals surface area (Å²) in [5.74, 6) is 5.45. The molecule has 12 heavy (non-hydrogen) atoms. The maximum Gasteiger partial charge on any atom is -0.00157 e. The van der Waals surface area contributed by atoms with Gasteiger partial charge in [-0.15, -0.1) is 0 Å². The van der Waals surface area contributed by atoms with E-state index in [-0.39, 0.29) is 0 Å². The Morgan fingerprint density at radius 1 is 0.500 bits per heavy atom. The van der Waals surface area contributed by atoms with Crippen molar-refractivity contribution in [1.82, 2.24) is 0 Å². The molecule has 60 valence electrons. The van der Waals surface area contributed by atoms with Gasteiger partial charge in [0.05, 0.1) is 0 Å². The molecule has 0 heteroatoms. The van der Waals surface area contributed by atoms with Crippen molar-refractivity contribution in [2.24, 2.45) is 35.5 Å². The lowest BCUT2D eigenvalue weighted by atomic mass is 9.42.